The van der Waals surface area contributed by atoms with Crippen LogP contribution in [0.4, 0.5) is 0 Å². The van der Waals surface area contributed by atoms with Crippen molar-refractivity contribution in [3.63, 3.8) is 0 Å². The highest BCUT2D eigenvalue weighted by molar-refractivity contribution is 9.10. The highest BCUT2D eigenvalue weighted by Gasteiger charge is 2.21. The lowest BCUT2D eigenvalue weighted by Crippen LogP contribution is -2.39. The number of carbonyl (C=O) groups is 1. The molecule has 1 atom stereocenters. The highest BCUT2D eigenvalue weighted by Crippen LogP contribution is 2.22. The van der Waals surface area contributed by atoms with Crippen LogP contribution in [-0.4, -0.2) is 24.4 Å². The van der Waals surface area contributed by atoms with E-state index in [-0.39, 0.29) is 11.8 Å². The number of thiophene rings is 1. The number of benzene rings is 1. The van der Waals surface area contributed by atoms with Gasteiger partial charge in [0.05, 0.1) is 5.92 Å². The molecule has 1 aromatic carbocycles. The molecule has 0 aliphatic rings. The first-order valence-electron chi connectivity index (χ1n) is 6.57. The second kappa shape index (κ2) is 7.70. The number of nitrogens with one attached hydrogen (secondary N) is 1. The number of halogens is 1. The summed E-state index contributed by atoms with van der Waals surface area (Å²) in [6.45, 7) is 1.42. The Balaban J connectivity index is 2.06. The van der Waals surface area contributed by atoms with Gasteiger partial charge in [-0.1, -0.05) is 30.3 Å². The van der Waals surface area contributed by atoms with Crippen molar-refractivity contribution in [1.82, 2.24) is 10.3 Å². The van der Waals surface area contributed by atoms with E-state index in [1.807, 2.05) is 37.4 Å². The van der Waals surface area contributed by atoms with Gasteiger partial charge in [-0.05, 0) is 34.6 Å². The van der Waals surface area contributed by atoms with Gasteiger partial charge < -0.3 is 4.90 Å². The van der Waals surface area contributed by atoms with Crippen LogP contribution in [0.1, 0.15) is 16.4 Å². The van der Waals surface area contributed by atoms with Crippen LogP contribution in [0.3, 0.4) is 0 Å². The maximum Gasteiger partial charge on any atom is 0.242 e. The van der Waals surface area contributed by atoms with Crippen LogP contribution in [0.5, 0.6) is 0 Å². The smallest absolute Gasteiger partial charge is 0.242 e. The van der Waals surface area contributed by atoms with Gasteiger partial charge in [0.25, 0.3) is 0 Å². The van der Waals surface area contributed by atoms with Gasteiger partial charge in [-0.15, -0.1) is 11.3 Å². The number of rotatable bonds is 6. The van der Waals surface area contributed by atoms with E-state index in [1.165, 1.54) is 4.88 Å². The number of nitrogens with zero attached hydrogens (tertiary/aromatic N) is 1. The first-order valence-corrected chi connectivity index (χ1v) is 8.24. The minimum absolute atomic E-state index is 0.166. The summed E-state index contributed by atoms with van der Waals surface area (Å²) in [6.07, 6.45) is 0. The van der Waals surface area contributed by atoms with Crippen LogP contribution in [-0.2, 0) is 11.3 Å². The van der Waals surface area contributed by atoms with E-state index in [9.17, 15) is 4.79 Å². The molecule has 0 aliphatic heterocycles. The lowest BCUT2D eigenvalue weighted by molar-refractivity contribution is -0.123. The maximum atomic E-state index is 12.0. The summed E-state index contributed by atoms with van der Waals surface area (Å²) < 4.78 is 1.09. The van der Waals surface area contributed by atoms with Gasteiger partial charge >= 0.3 is 0 Å². The molecule has 0 aliphatic carbocycles. The van der Waals surface area contributed by atoms with Crippen LogP contribution >= 0.6 is 27.3 Å². The third-order valence-corrected chi connectivity index (χ3v) is 4.88. The summed E-state index contributed by atoms with van der Waals surface area (Å²) >= 11 is 5.16. The topological polar surface area (TPSA) is 58.4 Å². The van der Waals surface area contributed by atoms with Gasteiger partial charge in [0.15, 0.2) is 0 Å². The molecule has 0 fully saturated rings. The summed E-state index contributed by atoms with van der Waals surface area (Å²) in [5, 5.41) is 2.06. The Morgan fingerprint density at radius 2 is 2.14 bits per heavy atom. The van der Waals surface area contributed by atoms with Gasteiger partial charge in [-0.2, -0.15) is 0 Å². The summed E-state index contributed by atoms with van der Waals surface area (Å²) in [5.41, 5.74) is 3.24. The van der Waals surface area contributed by atoms with Gasteiger partial charge in [0, 0.05) is 27.8 Å². The second-order valence-corrected chi connectivity index (χ2v) is 6.81. The van der Waals surface area contributed by atoms with Crippen molar-refractivity contribution in [2.24, 2.45) is 5.84 Å². The van der Waals surface area contributed by atoms with Crippen molar-refractivity contribution in [3.05, 3.63) is 56.7 Å². The number of likely N-dealkylation sites (N-methyl/N-ethyl adjacent to an activating group) is 1. The van der Waals surface area contributed by atoms with E-state index in [0.29, 0.717) is 6.54 Å². The van der Waals surface area contributed by atoms with Crippen LogP contribution in [0.2, 0.25) is 0 Å². The SMILES string of the molecule is CN(Cc1cc(Br)cs1)CC(C(=O)NN)c1ccccc1. The minimum Gasteiger partial charge on any atom is -0.300 e. The lowest BCUT2D eigenvalue weighted by Gasteiger charge is -2.22. The predicted octanol–water partition coefficient (Wildman–Crippen LogP) is 2.72. The fraction of sp³-hybridized carbons (Fsp3) is 0.267. The van der Waals surface area contributed by atoms with Crippen molar-refractivity contribution >= 4 is 33.2 Å². The van der Waals surface area contributed by atoms with E-state index in [4.69, 9.17) is 5.84 Å². The monoisotopic (exact) mass is 367 g/mol. The van der Waals surface area contributed by atoms with Gasteiger partial charge in [0.2, 0.25) is 5.91 Å². The first-order chi connectivity index (χ1) is 10.1. The second-order valence-electron chi connectivity index (χ2n) is 4.90. The standard InChI is InChI=1S/C15H18BrN3OS/c1-19(8-13-7-12(16)10-21-13)9-14(15(20)18-17)11-5-3-2-4-6-11/h2-7,10,14H,8-9,17H2,1H3,(H,18,20). The van der Waals surface area contributed by atoms with Crippen LogP contribution < -0.4 is 11.3 Å². The van der Waals surface area contributed by atoms with Gasteiger partial charge in [-0.3, -0.25) is 10.2 Å². The summed E-state index contributed by atoms with van der Waals surface area (Å²) in [6, 6.07) is 11.8. The Morgan fingerprint density at radius 3 is 2.71 bits per heavy atom. The molecular weight excluding hydrogens is 350 g/mol. The highest BCUT2D eigenvalue weighted by atomic mass is 79.9. The largest absolute Gasteiger partial charge is 0.300 e. The van der Waals surface area contributed by atoms with Crippen LogP contribution in [0.25, 0.3) is 0 Å². The molecular formula is C15H18BrN3OS. The number of hydrazine groups is 1. The average Bonchev–Trinajstić information content (AvgIpc) is 2.90. The molecule has 1 unspecified atom stereocenters. The van der Waals surface area contributed by atoms with E-state index in [0.717, 1.165) is 16.6 Å². The summed E-state index contributed by atoms with van der Waals surface area (Å²) in [5.74, 6) is 4.88. The van der Waals surface area contributed by atoms with E-state index in [1.54, 1.807) is 11.3 Å². The quantitative estimate of drug-likeness (QED) is 0.468. The Morgan fingerprint density at radius 1 is 1.43 bits per heavy atom. The number of carbonyl (C=O) groups excluding carboxylic acids is 1. The fourth-order valence-corrected chi connectivity index (χ4v) is 3.73. The van der Waals surface area contributed by atoms with Crippen molar-refractivity contribution in [3.8, 4) is 0 Å². The predicted molar refractivity (Wildman–Crippen MR) is 89.9 cm³/mol. The van der Waals surface area contributed by atoms with Crippen molar-refractivity contribution in [2.75, 3.05) is 13.6 Å². The average molecular weight is 368 g/mol. The van der Waals surface area contributed by atoms with E-state index in [2.05, 4.69) is 37.7 Å². The Bertz CT molecular complexity index is 588. The van der Waals surface area contributed by atoms with Gasteiger partial charge in [0.1, 0.15) is 0 Å². The number of nitrogens with two attached hydrogens (primary N) is 1. The molecule has 6 heteroatoms. The third-order valence-electron chi connectivity index (χ3n) is 3.20. The van der Waals surface area contributed by atoms with Crippen molar-refractivity contribution in [2.45, 2.75) is 12.5 Å². The molecule has 0 radical (unpaired) electrons. The minimum atomic E-state index is -0.274. The molecule has 112 valence electrons. The Hall–Kier alpha value is -1.21. The number of amides is 1. The third kappa shape index (κ3) is 4.64. The molecule has 0 spiro atoms. The lowest BCUT2D eigenvalue weighted by atomic mass is 9.98. The molecule has 0 bridgehead atoms. The van der Waals surface area contributed by atoms with E-state index < -0.39 is 0 Å². The summed E-state index contributed by atoms with van der Waals surface area (Å²) in [7, 11) is 2.01. The van der Waals surface area contributed by atoms with Crippen LogP contribution in [0, 0.1) is 0 Å². The zero-order chi connectivity index (χ0) is 15.2. The molecule has 0 saturated heterocycles. The number of hydrogen-bond acceptors (Lipinski definition) is 4. The Kier molecular flexibility index (Phi) is 5.93. The molecule has 1 aromatic heterocycles. The zero-order valence-corrected chi connectivity index (χ0v) is 14.2. The van der Waals surface area contributed by atoms with Crippen molar-refractivity contribution < 1.29 is 4.79 Å². The fourth-order valence-electron chi connectivity index (χ4n) is 2.20. The molecule has 4 nitrogen and oxygen atoms in total. The number of hydrogen-bond donors (Lipinski definition) is 2. The molecule has 3 N–H and O–H groups in total. The Labute approximate surface area is 137 Å². The van der Waals surface area contributed by atoms with Crippen molar-refractivity contribution in [1.29, 1.82) is 0 Å². The first kappa shape index (κ1) is 16.2. The maximum absolute atomic E-state index is 12.0. The zero-order valence-electron chi connectivity index (χ0n) is 11.8. The molecule has 21 heavy (non-hydrogen) atoms. The van der Waals surface area contributed by atoms with Crippen LogP contribution in [0.15, 0.2) is 46.3 Å². The summed E-state index contributed by atoms with van der Waals surface area (Å²) in [4.78, 5) is 15.4. The van der Waals surface area contributed by atoms with Gasteiger partial charge in [-0.25, -0.2) is 5.84 Å². The molecule has 0 saturated carbocycles. The normalized spacial score (nSPS) is 12.4. The molecule has 2 rings (SSSR count). The molecule has 1 amide bonds. The molecule has 1 heterocycles. The molecule has 2 aromatic rings. The van der Waals surface area contributed by atoms with E-state index >= 15 is 0 Å².